The van der Waals surface area contributed by atoms with Crippen molar-refractivity contribution < 1.29 is 9.47 Å². The Morgan fingerprint density at radius 1 is 0.765 bits per heavy atom. The molecule has 0 aliphatic carbocycles. The predicted octanol–water partition coefficient (Wildman–Crippen LogP) is 4.57. The Hall–Kier alpha value is -0.0800. The molecule has 0 amide bonds. The first-order valence-corrected chi connectivity index (χ1v) is 7.40. The second-order valence-electron chi connectivity index (χ2n) is 5.18. The summed E-state index contributed by atoms with van der Waals surface area (Å²) in [6.45, 7) is 10.1. The van der Waals surface area contributed by atoms with Crippen LogP contribution in [0.15, 0.2) is 0 Å². The van der Waals surface area contributed by atoms with Crippen LogP contribution in [0.3, 0.4) is 0 Å². The van der Waals surface area contributed by atoms with Gasteiger partial charge in [-0.2, -0.15) is 0 Å². The van der Waals surface area contributed by atoms with E-state index in [-0.39, 0.29) is 6.10 Å². The highest BCUT2D eigenvalue weighted by Crippen LogP contribution is 2.07. The Morgan fingerprint density at radius 2 is 1.35 bits per heavy atom. The fourth-order valence-corrected chi connectivity index (χ4v) is 1.72. The number of ether oxygens (including phenoxy) is 2. The van der Waals surface area contributed by atoms with E-state index in [4.69, 9.17) is 9.47 Å². The van der Waals surface area contributed by atoms with E-state index in [9.17, 15) is 0 Å². The summed E-state index contributed by atoms with van der Waals surface area (Å²) < 4.78 is 11.2. The van der Waals surface area contributed by atoms with Gasteiger partial charge in [-0.3, -0.25) is 0 Å². The molecule has 0 aliphatic heterocycles. The van der Waals surface area contributed by atoms with E-state index < -0.39 is 0 Å². The Kier molecular flexibility index (Phi) is 12.3. The van der Waals surface area contributed by atoms with Crippen molar-refractivity contribution in [1.29, 1.82) is 0 Å². The third-order valence-corrected chi connectivity index (χ3v) is 2.81. The molecule has 0 radical (unpaired) electrons. The lowest BCUT2D eigenvalue weighted by Crippen LogP contribution is -2.19. The SMILES string of the molecule is CCCCCCCCCOC(C)COC(C)C. The number of hydrogen-bond acceptors (Lipinski definition) is 2. The monoisotopic (exact) mass is 244 g/mol. The highest BCUT2D eigenvalue weighted by Gasteiger charge is 2.03. The van der Waals surface area contributed by atoms with Gasteiger partial charge in [-0.05, 0) is 27.2 Å². The van der Waals surface area contributed by atoms with Crippen LogP contribution in [-0.2, 0) is 9.47 Å². The van der Waals surface area contributed by atoms with Gasteiger partial charge in [0.1, 0.15) is 0 Å². The van der Waals surface area contributed by atoms with Crippen LogP contribution in [0.25, 0.3) is 0 Å². The van der Waals surface area contributed by atoms with Crippen LogP contribution in [0.4, 0.5) is 0 Å². The van der Waals surface area contributed by atoms with Crippen molar-refractivity contribution in [1.82, 2.24) is 0 Å². The third-order valence-electron chi connectivity index (χ3n) is 2.81. The minimum absolute atomic E-state index is 0.234. The summed E-state index contributed by atoms with van der Waals surface area (Å²) in [4.78, 5) is 0. The second kappa shape index (κ2) is 12.4. The molecule has 0 saturated heterocycles. The maximum Gasteiger partial charge on any atom is 0.0780 e. The Labute approximate surface area is 108 Å². The fourth-order valence-electron chi connectivity index (χ4n) is 1.72. The normalized spacial score (nSPS) is 13.2. The van der Waals surface area contributed by atoms with Crippen molar-refractivity contribution in [2.75, 3.05) is 13.2 Å². The fraction of sp³-hybridized carbons (Fsp3) is 1.00. The van der Waals surface area contributed by atoms with Crippen molar-refractivity contribution in [2.45, 2.75) is 84.8 Å². The highest BCUT2D eigenvalue weighted by atomic mass is 16.5. The van der Waals surface area contributed by atoms with Crippen LogP contribution in [0.5, 0.6) is 0 Å². The van der Waals surface area contributed by atoms with Crippen LogP contribution in [0, 0.1) is 0 Å². The molecule has 17 heavy (non-hydrogen) atoms. The largest absolute Gasteiger partial charge is 0.376 e. The van der Waals surface area contributed by atoms with Crippen LogP contribution < -0.4 is 0 Å². The lowest BCUT2D eigenvalue weighted by atomic mass is 10.1. The van der Waals surface area contributed by atoms with Gasteiger partial charge in [0, 0.05) is 6.61 Å². The van der Waals surface area contributed by atoms with E-state index in [1.165, 1.54) is 44.9 Å². The molecule has 0 aromatic carbocycles. The smallest absolute Gasteiger partial charge is 0.0780 e. The van der Waals surface area contributed by atoms with Gasteiger partial charge in [-0.1, -0.05) is 45.4 Å². The summed E-state index contributed by atoms with van der Waals surface area (Å²) in [5, 5.41) is 0. The minimum Gasteiger partial charge on any atom is -0.376 e. The minimum atomic E-state index is 0.234. The van der Waals surface area contributed by atoms with Gasteiger partial charge in [0.2, 0.25) is 0 Å². The van der Waals surface area contributed by atoms with E-state index in [2.05, 4.69) is 27.7 Å². The molecule has 0 aliphatic rings. The first kappa shape index (κ1) is 16.9. The molecule has 0 rings (SSSR count). The topological polar surface area (TPSA) is 18.5 Å². The Morgan fingerprint density at radius 3 is 1.94 bits per heavy atom. The molecule has 2 nitrogen and oxygen atoms in total. The zero-order valence-electron chi connectivity index (χ0n) is 12.3. The van der Waals surface area contributed by atoms with Crippen molar-refractivity contribution >= 4 is 0 Å². The second-order valence-corrected chi connectivity index (χ2v) is 5.18. The molecule has 0 bridgehead atoms. The molecule has 1 unspecified atom stereocenters. The third kappa shape index (κ3) is 13.9. The number of rotatable bonds is 12. The Balaban J connectivity index is 3.11. The van der Waals surface area contributed by atoms with Crippen LogP contribution in [0.2, 0.25) is 0 Å². The summed E-state index contributed by atoms with van der Waals surface area (Å²) in [5.74, 6) is 0. The summed E-state index contributed by atoms with van der Waals surface area (Å²) in [6.07, 6.45) is 9.91. The summed E-state index contributed by atoms with van der Waals surface area (Å²) in [6, 6.07) is 0. The lowest BCUT2D eigenvalue weighted by molar-refractivity contribution is -0.0273. The van der Waals surface area contributed by atoms with Gasteiger partial charge in [0.15, 0.2) is 0 Å². The van der Waals surface area contributed by atoms with E-state index in [0.29, 0.717) is 12.7 Å². The molecule has 0 N–H and O–H groups in total. The van der Waals surface area contributed by atoms with E-state index in [0.717, 1.165) is 6.61 Å². The van der Waals surface area contributed by atoms with Gasteiger partial charge in [-0.25, -0.2) is 0 Å². The molecule has 0 spiro atoms. The van der Waals surface area contributed by atoms with Gasteiger partial charge in [-0.15, -0.1) is 0 Å². The zero-order chi connectivity index (χ0) is 12.9. The van der Waals surface area contributed by atoms with Gasteiger partial charge in [0.25, 0.3) is 0 Å². The maximum atomic E-state index is 5.70. The van der Waals surface area contributed by atoms with Crippen molar-refractivity contribution in [2.24, 2.45) is 0 Å². The molecule has 1 atom stereocenters. The standard InChI is InChI=1S/C15H32O2/c1-5-6-7-8-9-10-11-12-16-15(4)13-17-14(2)3/h14-15H,5-13H2,1-4H3. The number of unbranched alkanes of at least 4 members (excludes halogenated alkanes) is 6. The zero-order valence-corrected chi connectivity index (χ0v) is 12.3. The molecule has 0 fully saturated rings. The average Bonchev–Trinajstić information content (AvgIpc) is 2.30. The molecule has 0 aromatic rings. The van der Waals surface area contributed by atoms with Gasteiger partial charge >= 0.3 is 0 Å². The summed E-state index contributed by atoms with van der Waals surface area (Å²) >= 11 is 0. The molecular weight excluding hydrogens is 212 g/mol. The van der Waals surface area contributed by atoms with Crippen LogP contribution in [-0.4, -0.2) is 25.4 Å². The highest BCUT2D eigenvalue weighted by molar-refractivity contribution is 4.50. The van der Waals surface area contributed by atoms with Crippen LogP contribution >= 0.6 is 0 Å². The van der Waals surface area contributed by atoms with Crippen molar-refractivity contribution in [3.05, 3.63) is 0 Å². The maximum absolute atomic E-state index is 5.70. The van der Waals surface area contributed by atoms with E-state index >= 15 is 0 Å². The first-order valence-electron chi connectivity index (χ1n) is 7.40. The first-order chi connectivity index (χ1) is 8.16. The summed E-state index contributed by atoms with van der Waals surface area (Å²) in [7, 11) is 0. The van der Waals surface area contributed by atoms with E-state index in [1.54, 1.807) is 0 Å². The summed E-state index contributed by atoms with van der Waals surface area (Å²) in [5.41, 5.74) is 0. The van der Waals surface area contributed by atoms with Crippen molar-refractivity contribution in [3.63, 3.8) is 0 Å². The van der Waals surface area contributed by atoms with Crippen LogP contribution in [0.1, 0.15) is 72.6 Å². The van der Waals surface area contributed by atoms with E-state index in [1.807, 2.05) is 0 Å². The Bertz CT molecular complexity index is 146. The predicted molar refractivity (Wildman–Crippen MR) is 74.5 cm³/mol. The van der Waals surface area contributed by atoms with Crippen molar-refractivity contribution in [3.8, 4) is 0 Å². The molecule has 0 saturated carbocycles. The lowest BCUT2D eigenvalue weighted by Gasteiger charge is -2.15. The molecule has 0 aromatic heterocycles. The number of hydrogen-bond donors (Lipinski definition) is 0. The average molecular weight is 244 g/mol. The molecular formula is C15H32O2. The van der Waals surface area contributed by atoms with Gasteiger partial charge in [0.05, 0.1) is 18.8 Å². The molecule has 104 valence electrons. The quantitative estimate of drug-likeness (QED) is 0.468. The molecule has 2 heteroatoms. The van der Waals surface area contributed by atoms with Gasteiger partial charge < -0.3 is 9.47 Å². The molecule has 0 heterocycles.